The monoisotopic (exact) mass is 417 g/mol. The summed E-state index contributed by atoms with van der Waals surface area (Å²) in [6.07, 6.45) is 3.98. The van der Waals surface area contributed by atoms with Gasteiger partial charge in [-0.1, -0.05) is 60.7 Å². The van der Waals surface area contributed by atoms with Crippen molar-refractivity contribution in [1.29, 1.82) is 0 Å². The number of H-pyrrole nitrogens is 1. The van der Waals surface area contributed by atoms with Gasteiger partial charge >= 0.3 is 17.3 Å². The maximum absolute atomic E-state index is 12.1. The summed E-state index contributed by atoms with van der Waals surface area (Å²) in [5.41, 5.74) is 3.73. The fraction of sp³-hybridized carbons (Fsp3) is 0.130. The van der Waals surface area contributed by atoms with E-state index in [1.165, 1.54) is 12.3 Å². The van der Waals surface area contributed by atoms with E-state index in [4.69, 9.17) is 4.74 Å². The Morgan fingerprint density at radius 2 is 1.77 bits per heavy atom. The van der Waals surface area contributed by atoms with Crippen molar-refractivity contribution in [2.45, 2.75) is 5.92 Å². The van der Waals surface area contributed by atoms with Gasteiger partial charge in [0.05, 0.1) is 4.92 Å². The molecule has 4 rings (SSSR count). The number of amides is 1. The Bertz CT molecular complexity index is 1190. The van der Waals surface area contributed by atoms with E-state index in [9.17, 15) is 19.7 Å². The van der Waals surface area contributed by atoms with E-state index < -0.39 is 22.3 Å². The van der Waals surface area contributed by atoms with Gasteiger partial charge in [0, 0.05) is 24.7 Å². The van der Waals surface area contributed by atoms with Gasteiger partial charge in [-0.05, 0) is 27.8 Å². The second-order valence-electron chi connectivity index (χ2n) is 7.01. The van der Waals surface area contributed by atoms with Crippen LogP contribution in [-0.4, -0.2) is 29.2 Å². The summed E-state index contributed by atoms with van der Waals surface area (Å²) < 4.78 is 5.44. The summed E-state index contributed by atoms with van der Waals surface area (Å²) in [6, 6.07) is 17.3. The Kier molecular flexibility index (Phi) is 5.61. The fourth-order valence-electron chi connectivity index (χ4n) is 3.71. The van der Waals surface area contributed by atoms with Crippen molar-refractivity contribution in [3.63, 3.8) is 0 Å². The number of hydrogen-bond donors (Lipinski definition) is 2. The Balaban J connectivity index is 1.33. The zero-order chi connectivity index (χ0) is 21.8. The Morgan fingerprint density at radius 3 is 2.42 bits per heavy atom. The largest absolute Gasteiger partial charge is 0.449 e. The molecule has 156 valence electrons. The van der Waals surface area contributed by atoms with Gasteiger partial charge in [-0.2, -0.15) is 0 Å². The number of aromatic amines is 1. The molecule has 1 aliphatic carbocycles. The number of nitro groups is 1. The third-order valence-corrected chi connectivity index (χ3v) is 5.12. The third-order valence-electron chi connectivity index (χ3n) is 5.12. The second-order valence-corrected chi connectivity index (χ2v) is 7.01. The second kappa shape index (κ2) is 8.66. The number of aromatic nitrogens is 1. The number of carbonyl (C=O) groups is 1. The lowest BCUT2D eigenvalue weighted by molar-refractivity contribution is -0.386. The van der Waals surface area contributed by atoms with Crippen molar-refractivity contribution >= 4 is 17.9 Å². The van der Waals surface area contributed by atoms with Crippen LogP contribution in [-0.2, 0) is 4.74 Å². The third kappa shape index (κ3) is 4.23. The topological polar surface area (TPSA) is 114 Å². The molecule has 0 radical (unpaired) electrons. The Labute approximate surface area is 177 Å². The van der Waals surface area contributed by atoms with E-state index in [0.717, 1.165) is 22.3 Å². The average molecular weight is 417 g/mol. The number of ether oxygens (including phenoxy) is 1. The molecule has 0 saturated heterocycles. The lowest BCUT2D eigenvalue weighted by Gasteiger charge is -2.14. The first kappa shape index (κ1) is 20.1. The summed E-state index contributed by atoms with van der Waals surface area (Å²) in [5.74, 6) is -0.0182. The fourth-order valence-corrected chi connectivity index (χ4v) is 3.71. The Hall–Kier alpha value is -4.20. The number of carbonyl (C=O) groups excluding carboxylic acids is 1. The molecule has 8 heteroatoms. The average Bonchev–Trinajstić information content (AvgIpc) is 3.10. The van der Waals surface area contributed by atoms with Crippen LogP contribution in [0, 0.1) is 10.1 Å². The number of pyridine rings is 1. The van der Waals surface area contributed by atoms with Crippen molar-refractivity contribution in [3.8, 4) is 11.1 Å². The van der Waals surface area contributed by atoms with E-state index in [0.29, 0.717) is 5.56 Å². The van der Waals surface area contributed by atoms with Gasteiger partial charge in [-0.3, -0.25) is 14.9 Å². The van der Waals surface area contributed by atoms with Crippen LogP contribution in [0.3, 0.4) is 0 Å². The van der Waals surface area contributed by atoms with Gasteiger partial charge in [-0.15, -0.1) is 0 Å². The number of benzene rings is 2. The van der Waals surface area contributed by atoms with Crippen LogP contribution in [0.1, 0.15) is 22.6 Å². The van der Waals surface area contributed by atoms with Crippen LogP contribution < -0.4 is 10.9 Å². The Morgan fingerprint density at radius 1 is 1.13 bits per heavy atom. The predicted molar refractivity (Wildman–Crippen MR) is 116 cm³/mol. The van der Waals surface area contributed by atoms with Crippen LogP contribution in [0.2, 0.25) is 0 Å². The van der Waals surface area contributed by atoms with Crippen molar-refractivity contribution in [2.24, 2.45) is 0 Å². The molecule has 0 atom stereocenters. The standard InChI is InChI=1S/C23H19N3O5/c27-22-21(26(29)30)12-15(13-25-22)6-5-11-24-23(28)31-14-20-18-9-3-1-7-16(18)17-8-2-4-10-19(17)20/h1-10,12-13,20H,11,14H2,(H,24,28)(H,25,27). The van der Waals surface area contributed by atoms with Crippen LogP contribution in [0.15, 0.2) is 71.7 Å². The first-order valence-corrected chi connectivity index (χ1v) is 9.67. The van der Waals surface area contributed by atoms with Crippen molar-refractivity contribution in [1.82, 2.24) is 10.3 Å². The minimum atomic E-state index is -0.765. The van der Waals surface area contributed by atoms with Crippen LogP contribution in [0.4, 0.5) is 10.5 Å². The van der Waals surface area contributed by atoms with E-state index >= 15 is 0 Å². The molecular formula is C23H19N3O5. The first-order chi connectivity index (χ1) is 15.0. The molecule has 2 N–H and O–H groups in total. The maximum atomic E-state index is 12.1. The van der Waals surface area contributed by atoms with Gasteiger partial charge < -0.3 is 15.0 Å². The summed E-state index contributed by atoms with van der Waals surface area (Å²) in [4.78, 5) is 35.9. The molecule has 1 aliphatic rings. The van der Waals surface area contributed by atoms with Crippen molar-refractivity contribution in [3.05, 3.63) is 104 Å². The molecule has 0 unspecified atom stereocenters. The normalized spacial score (nSPS) is 12.4. The molecule has 0 aliphatic heterocycles. The van der Waals surface area contributed by atoms with Crippen LogP contribution >= 0.6 is 0 Å². The number of hydrogen-bond acceptors (Lipinski definition) is 5. The molecule has 3 aromatic rings. The highest BCUT2D eigenvalue weighted by atomic mass is 16.6. The molecule has 8 nitrogen and oxygen atoms in total. The highest BCUT2D eigenvalue weighted by Gasteiger charge is 2.28. The van der Waals surface area contributed by atoms with Crippen LogP contribution in [0.5, 0.6) is 0 Å². The molecule has 1 amide bonds. The molecule has 1 aromatic heterocycles. The van der Waals surface area contributed by atoms with Gasteiger partial charge in [0.2, 0.25) is 0 Å². The number of alkyl carbamates (subject to hydrolysis) is 1. The lowest BCUT2D eigenvalue weighted by Crippen LogP contribution is -2.26. The SMILES string of the molecule is O=C(NCC=Cc1c[nH]c(=O)c([N+](=O)[O-])c1)OCC1c2ccccc2-c2ccccc21. The summed E-state index contributed by atoms with van der Waals surface area (Å²) >= 11 is 0. The molecule has 0 fully saturated rings. The van der Waals surface area contributed by atoms with Crippen molar-refractivity contribution < 1.29 is 14.5 Å². The predicted octanol–water partition coefficient (Wildman–Crippen LogP) is 3.84. The summed E-state index contributed by atoms with van der Waals surface area (Å²) in [7, 11) is 0. The number of nitrogens with zero attached hydrogens (tertiary/aromatic N) is 1. The minimum Gasteiger partial charge on any atom is -0.449 e. The molecule has 2 aromatic carbocycles. The summed E-state index contributed by atoms with van der Waals surface area (Å²) in [6.45, 7) is 0.388. The molecule has 31 heavy (non-hydrogen) atoms. The number of rotatable bonds is 6. The zero-order valence-corrected chi connectivity index (χ0v) is 16.4. The molecule has 0 bridgehead atoms. The summed E-state index contributed by atoms with van der Waals surface area (Å²) in [5, 5.41) is 13.4. The molecule has 0 spiro atoms. The first-order valence-electron chi connectivity index (χ1n) is 9.67. The molecule has 1 heterocycles. The quantitative estimate of drug-likeness (QED) is 0.467. The number of fused-ring (bicyclic) bond motifs is 3. The van der Waals surface area contributed by atoms with Gasteiger partial charge in [-0.25, -0.2) is 4.79 Å². The van der Waals surface area contributed by atoms with E-state index in [1.807, 2.05) is 36.4 Å². The van der Waals surface area contributed by atoms with E-state index in [1.54, 1.807) is 12.2 Å². The van der Waals surface area contributed by atoms with E-state index in [2.05, 4.69) is 22.4 Å². The van der Waals surface area contributed by atoms with Gasteiger partial charge in [0.1, 0.15) is 6.61 Å². The molecular weight excluding hydrogens is 398 g/mol. The lowest BCUT2D eigenvalue weighted by atomic mass is 9.98. The molecule has 0 saturated carbocycles. The zero-order valence-electron chi connectivity index (χ0n) is 16.4. The highest BCUT2D eigenvalue weighted by Crippen LogP contribution is 2.44. The highest BCUT2D eigenvalue weighted by molar-refractivity contribution is 5.79. The van der Waals surface area contributed by atoms with Gasteiger partial charge in [0.15, 0.2) is 0 Å². The number of nitrogens with one attached hydrogen (secondary N) is 2. The van der Waals surface area contributed by atoms with Crippen molar-refractivity contribution in [2.75, 3.05) is 13.2 Å². The van der Waals surface area contributed by atoms with Crippen LogP contribution in [0.25, 0.3) is 17.2 Å². The smallest absolute Gasteiger partial charge is 0.407 e. The maximum Gasteiger partial charge on any atom is 0.407 e. The van der Waals surface area contributed by atoms with Gasteiger partial charge in [0.25, 0.3) is 0 Å². The van der Waals surface area contributed by atoms with E-state index in [-0.39, 0.29) is 19.1 Å². The minimum absolute atomic E-state index is 0.0182.